The van der Waals surface area contributed by atoms with E-state index in [0.717, 1.165) is 6.04 Å². The average Bonchev–Trinajstić information content (AvgIpc) is 3.16. The Bertz CT molecular complexity index is 464. The van der Waals surface area contributed by atoms with Crippen LogP contribution in [0.1, 0.15) is 32.1 Å². The minimum absolute atomic E-state index is 0.797. The van der Waals surface area contributed by atoms with Crippen molar-refractivity contribution in [1.29, 1.82) is 0 Å². The molecule has 1 unspecified atom stereocenters. The van der Waals surface area contributed by atoms with E-state index in [1.807, 2.05) is 0 Å². The molecule has 4 rings (SSSR count). The van der Waals surface area contributed by atoms with Crippen molar-refractivity contribution in [2.45, 2.75) is 38.1 Å². The van der Waals surface area contributed by atoms with Crippen molar-refractivity contribution in [3.63, 3.8) is 0 Å². The Hall–Kier alpha value is -1.22. The van der Waals surface area contributed by atoms with Crippen LogP contribution in [0.2, 0.25) is 0 Å². The first-order valence-electron chi connectivity index (χ1n) is 8.74. The van der Waals surface area contributed by atoms with Crippen molar-refractivity contribution in [3.8, 4) is 0 Å². The highest BCUT2D eigenvalue weighted by Gasteiger charge is 2.28. The minimum Gasteiger partial charge on any atom is -0.372 e. The summed E-state index contributed by atoms with van der Waals surface area (Å²) in [4.78, 5) is 7.84. The summed E-state index contributed by atoms with van der Waals surface area (Å²) >= 11 is 0. The van der Waals surface area contributed by atoms with Crippen molar-refractivity contribution in [3.05, 3.63) is 24.3 Å². The molecule has 0 N–H and O–H groups in total. The van der Waals surface area contributed by atoms with Crippen LogP contribution >= 0.6 is 0 Å². The Balaban J connectivity index is 1.47. The van der Waals surface area contributed by atoms with Crippen molar-refractivity contribution in [2.24, 2.45) is 0 Å². The van der Waals surface area contributed by atoms with Crippen LogP contribution in [-0.4, -0.2) is 50.2 Å². The second-order valence-corrected chi connectivity index (χ2v) is 6.84. The van der Waals surface area contributed by atoms with Crippen molar-refractivity contribution in [2.75, 3.05) is 49.1 Å². The molecule has 0 aliphatic carbocycles. The Kier molecular flexibility index (Phi) is 3.76. The van der Waals surface area contributed by atoms with E-state index in [4.69, 9.17) is 0 Å². The van der Waals surface area contributed by atoms with Gasteiger partial charge in [0.05, 0.1) is 0 Å². The SMILES string of the molecule is c1cc(N2CCCN3CCCC3C2)ccc1N1CCCC1. The summed E-state index contributed by atoms with van der Waals surface area (Å²) in [5, 5.41) is 0. The predicted octanol–water partition coefficient (Wildman–Crippen LogP) is 2.96. The van der Waals surface area contributed by atoms with Crippen LogP contribution in [0.4, 0.5) is 11.4 Å². The van der Waals surface area contributed by atoms with Gasteiger partial charge in [0, 0.05) is 50.1 Å². The van der Waals surface area contributed by atoms with E-state index in [2.05, 4.69) is 39.0 Å². The fourth-order valence-electron chi connectivity index (χ4n) is 4.29. The number of fused-ring (bicyclic) bond motifs is 1. The molecule has 1 aromatic rings. The lowest BCUT2D eigenvalue weighted by Crippen LogP contribution is -2.36. The van der Waals surface area contributed by atoms with Crippen molar-refractivity contribution < 1.29 is 0 Å². The van der Waals surface area contributed by atoms with Crippen LogP contribution < -0.4 is 9.80 Å². The zero-order valence-corrected chi connectivity index (χ0v) is 13.0. The highest BCUT2D eigenvalue weighted by atomic mass is 15.3. The Labute approximate surface area is 128 Å². The van der Waals surface area contributed by atoms with Crippen LogP contribution in [-0.2, 0) is 0 Å². The molecule has 3 aliphatic heterocycles. The summed E-state index contributed by atoms with van der Waals surface area (Å²) in [5.74, 6) is 0. The van der Waals surface area contributed by atoms with Crippen LogP contribution in [0.25, 0.3) is 0 Å². The summed E-state index contributed by atoms with van der Waals surface area (Å²) < 4.78 is 0. The minimum atomic E-state index is 0.797. The first-order valence-corrected chi connectivity index (χ1v) is 8.74. The molecule has 21 heavy (non-hydrogen) atoms. The third-order valence-corrected chi connectivity index (χ3v) is 5.49. The molecule has 3 aliphatic rings. The van der Waals surface area contributed by atoms with Gasteiger partial charge >= 0.3 is 0 Å². The van der Waals surface area contributed by atoms with Gasteiger partial charge in [0.2, 0.25) is 0 Å². The number of hydrogen-bond donors (Lipinski definition) is 0. The zero-order chi connectivity index (χ0) is 14.1. The number of hydrogen-bond acceptors (Lipinski definition) is 3. The summed E-state index contributed by atoms with van der Waals surface area (Å²) in [6.07, 6.45) is 6.80. The lowest BCUT2D eigenvalue weighted by Gasteiger charge is -2.28. The van der Waals surface area contributed by atoms with Crippen LogP contribution in [0.3, 0.4) is 0 Å². The maximum absolute atomic E-state index is 2.71. The average molecular weight is 285 g/mol. The number of rotatable bonds is 2. The first-order chi connectivity index (χ1) is 10.4. The lowest BCUT2D eigenvalue weighted by molar-refractivity contribution is 0.273. The van der Waals surface area contributed by atoms with Gasteiger partial charge in [-0.25, -0.2) is 0 Å². The van der Waals surface area contributed by atoms with Crippen LogP contribution in [0.15, 0.2) is 24.3 Å². The third kappa shape index (κ3) is 2.76. The maximum atomic E-state index is 2.71. The standard InChI is InChI=1S/C18H27N3/c1-2-11-19(10-1)16-6-8-17(9-7-16)21-14-4-13-20-12-3-5-18(20)15-21/h6-9,18H,1-5,10-15H2. The van der Waals surface area contributed by atoms with E-state index in [-0.39, 0.29) is 0 Å². The molecule has 3 fully saturated rings. The van der Waals surface area contributed by atoms with Crippen molar-refractivity contribution >= 4 is 11.4 Å². The fraction of sp³-hybridized carbons (Fsp3) is 0.667. The van der Waals surface area contributed by atoms with Gasteiger partial charge in [0.15, 0.2) is 0 Å². The van der Waals surface area contributed by atoms with Gasteiger partial charge in [0.1, 0.15) is 0 Å². The summed E-state index contributed by atoms with van der Waals surface area (Å²) in [6.45, 7) is 7.54. The van der Waals surface area contributed by atoms with E-state index in [1.165, 1.54) is 82.7 Å². The zero-order valence-electron chi connectivity index (χ0n) is 13.0. The number of nitrogens with zero attached hydrogens (tertiary/aromatic N) is 3. The van der Waals surface area contributed by atoms with Gasteiger partial charge in [-0.15, -0.1) is 0 Å². The lowest BCUT2D eigenvalue weighted by atomic mass is 10.2. The molecule has 3 saturated heterocycles. The molecular formula is C18H27N3. The topological polar surface area (TPSA) is 9.72 Å². The second-order valence-electron chi connectivity index (χ2n) is 6.84. The Morgan fingerprint density at radius 1 is 0.667 bits per heavy atom. The molecule has 1 atom stereocenters. The molecule has 114 valence electrons. The molecular weight excluding hydrogens is 258 g/mol. The third-order valence-electron chi connectivity index (χ3n) is 5.49. The van der Waals surface area contributed by atoms with Gasteiger partial charge in [-0.2, -0.15) is 0 Å². The van der Waals surface area contributed by atoms with Gasteiger partial charge in [0.25, 0.3) is 0 Å². The molecule has 0 bridgehead atoms. The molecule has 3 nitrogen and oxygen atoms in total. The highest BCUT2D eigenvalue weighted by molar-refractivity contribution is 5.57. The molecule has 3 heterocycles. The molecule has 0 aromatic heterocycles. The first kappa shape index (κ1) is 13.4. The van der Waals surface area contributed by atoms with E-state index in [0.29, 0.717) is 0 Å². The summed E-state index contributed by atoms with van der Waals surface area (Å²) in [5.41, 5.74) is 2.83. The smallest absolute Gasteiger partial charge is 0.0368 e. The van der Waals surface area contributed by atoms with Gasteiger partial charge in [-0.1, -0.05) is 0 Å². The van der Waals surface area contributed by atoms with E-state index in [1.54, 1.807) is 0 Å². The van der Waals surface area contributed by atoms with Crippen LogP contribution in [0.5, 0.6) is 0 Å². The normalized spacial score (nSPS) is 27.0. The molecule has 1 aromatic carbocycles. The van der Waals surface area contributed by atoms with Crippen molar-refractivity contribution in [1.82, 2.24) is 4.90 Å². The molecule has 0 saturated carbocycles. The quantitative estimate of drug-likeness (QED) is 0.827. The van der Waals surface area contributed by atoms with E-state index < -0.39 is 0 Å². The molecule has 0 spiro atoms. The summed E-state index contributed by atoms with van der Waals surface area (Å²) in [7, 11) is 0. The van der Waals surface area contributed by atoms with E-state index in [9.17, 15) is 0 Å². The molecule has 3 heteroatoms. The fourth-order valence-corrected chi connectivity index (χ4v) is 4.29. The predicted molar refractivity (Wildman–Crippen MR) is 89.3 cm³/mol. The van der Waals surface area contributed by atoms with Crippen LogP contribution in [0, 0.1) is 0 Å². The second kappa shape index (κ2) is 5.88. The summed E-state index contributed by atoms with van der Waals surface area (Å²) in [6, 6.07) is 10.2. The number of benzene rings is 1. The van der Waals surface area contributed by atoms with Gasteiger partial charge < -0.3 is 9.80 Å². The molecule has 0 radical (unpaired) electrons. The largest absolute Gasteiger partial charge is 0.372 e. The maximum Gasteiger partial charge on any atom is 0.0368 e. The van der Waals surface area contributed by atoms with Gasteiger partial charge in [-0.3, -0.25) is 4.90 Å². The highest BCUT2D eigenvalue weighted by Crippen LogP contribution is 2.27. The number of anilines is 2. The molecule has 0 amide bonds. The van der Waals surface area contributed by atoms with E-state index >= 15 is 0 Å². The van der Waals surface area contributed by atoms with Gasteiger partial charge in [-0.05, 0) is 62.9 Å². The Morgan fingerprint density at radius 2 is 1.29 bits per heavy atom. The monoisotopic (exact) mass is 285 g/mol. The Morgan fingerprint density at radius 3 is 2.05 bits per heavy atom.